The number of esters is 1. The maximum atomic E-state index is 12.9. The van der Waals surface area contributed by atoms with E-state index >= 15 is 0 Å². The lowest BCUT2D eigenvalue weighted by Crippen LogP contribution is -2.28. The zero-order chi connectivity index (χ0) is 13.7. The lowest BCUT2D eigenvalue weighted by atomic mass is 9.83. The standard InChI is InChI=1S/C14H15FO3/c1-4-12(10-5-7-11(15)8-6-10)13(9(2)16)14(17)18-3/h4-8,12-13H,1H2,2-3H3. The van der Waals surface area contributed by atoms with E-state index in [2.05, 4.69) is 11.3 Å². The lowest BCUT2D eigenvalue weighted by Gasteiger charge is -2.20. The van der Waals surface area contributed by atoms with Crippen molar-refractivity contribution in [2.75, 3.05) is 7.11 Å². The largest absolute Gasteiger partial charge is 0.468 e. The first-order valence-electron chi connectivity index (χ1n) is 5.47. The maximum Gasteiger partial charge on any atom is 0.317 e. The number of hydrogen-bond acceptors (Lipinski definition) is 3. The van der Waals surface area contributed by atoms with Crippen LogP contribution in [0.25, 0.3) is 0 Å². The predicted molar refractivity (Wildman–Crippen MR) is 65.5 cm³/mol. The molecule has 1 rings (SSSR count). The number of halogens is 1. The number of hydrogen-bond donors (Lipinski definition) is 0. The van der Waals surface area contributed by atoms with Gasteiger partial charge in [-0.05, 0) is 24.6 Å². The monoisotopic (exact) mass is 250 g/mol. The van der Waals surface area contributed by atoms with Gasteiger partial charge in [-0.3, -0.25) is 9.59 Å². The van der Waals surface area contributed by atoms with Crippen LogP contribution in [0, 0.1) is 11.7 Å². The summed E-state index contributed by atoms with van der Waals surface area (Å²) in [5, 5.41) is 0. The Hall–Kier alpha value is -1.97. The van der Waals surface area contributed by atoms with Gasteiger partial charge < -0.3 is 4.74 Å². The molecule has 0 heterocycles. The minimum atomic E-state index is -0.946. The summed E-state index contributed by atoms with van der Waals surface area (Å²) in [6.07, 6.45) is 1.50. The molecule has 0 amide bonds. The normalized spacial score (nSPS) is 13.5. The Morgan fingerprint density at radius 1 is 1.33 bits per heavy atom. The van der Waals surface area contributed by atoms with Gasteiger partial charge in [0.05, 0.1) is 7.11 Å². The molecular weight excluding hydrogens is 235 g/mol. The number of allylic oxidation sites excluding steroid dienone is 1. The van der Waals surface area contributed by atoms with E-state index in [1.807, 2.05) is 0 Å². The first-order valence-corrected chi connectivity index (χ1v) is 5.47. The summed E-state index contributed by atoms with van der Waals surface area (Å²) in [5.41, 5.74) is 0.650. The molecule has 0 aliphatic heterocycles. The van der Waals surface area contributed by atoms with Crippen LogP contribution in [0.4, 0.5) is 4.39 Å². The molecule has 2 atom stereocenters. The van der Waals surface area contributed by atoms with Crippen LogP contribution >= 0.6 is 0 Å². The topological polar surface area (TPSA) is 43.4 Å². The number of ether oxygens (including phenoxy) is 1. The molecule has 0 N–H and O–H groups in total. The highest BCUT2D eigenvalue weighted by atomic mass is 19.1. The van der Waals surface area contributed by atoms with Crippen molar-refractivity contribution in [2.45, 2.75) is 12.8 Å². The zero-order valence-corrected chi connectivity index (χ0v) is 10.4. The molecule has 0 saturated carbocycles. The minimum Gasteiger partial charge on any atom is -0.468 e. The van der Waals surface area contributed by atoms with Gasteiger partial charge in [-0.1, -0.05) is 18.2 Å². The van der Waals surface area contributed by atoms with Gasteiger partial charge in [-0.2, -0.15) is 0 Å². The molecule has 0 aromatic heterocycles. The molecule has 3 nitrogen and oxygen atoms in total. The van der Waals surface area contributed by atoms with Gasteiger partial charge >= 0.3 is 5.97 Å². The highest BCUT2D eigenvalue weighted by Gasteiger charge is 2.32. The Bertz CT molecular complexity index is 451. The molecule has 4 heteroatoms. The second kappa shape index (κ2) is 6.10. The van der Waals surface area contributed by atoms with Crippen LogP contribution in [0.2, 0.25) is 0 Å². The summed E-state index contributed by atoms with van der Waals surface area (Å²) in [6.45, 7) is 4.95. The number of Topliss-reactive ketones (excluding diaryl/α,β-unsaturated/α-hetero) is 1. The Morgan fingerprint density at radius 3 is 2.28 bits per heavy atom. The van der Waals surface area contributed by atoms with Crippen molar-refractivity contribution in [3.8, 4) is 0 Å². The van der Waals surface area contributed by atoms with Gasteiger partial charge in [-0.15, -0.1) is 6.58 Å². The van der Waals surface area contributed by atoms with Crippen molar-refractivity contribution in [3.05, 3.63) is 48.3 Å². The molecule has 0 spiro atoms. The summed E-state index contributed by atoms with van der Waals surface area (Å²) < 4.78 is 17.5. The molecular formula is C14H15FO3. The smallest absolute Gasteiger partial charge is 0.317 e. The predicted octanol–water partition coefficient (Wildman–Crippen LogP) is 2.47. The highest BCUT2D eigenvalue weighted by Crippen LogP contribution is 2.28. The Labute approximate surface area is 105 Å². The summed E-state index contributed by atoms with van der Waals surface area (Å²) in [7, 11) is 1.23. The fraction of sp³-hybridized carbons (Fsp3) is 0.286. The van der Waals surface area contributed by atoms with E-state index in [0.29, 0.717) is 5.56 Å². The third kappa shape index (κ3) is 3.03. The molecule has 0 aliphatic rings. The van der Waals surface area contributed by atoms with Gasteiger partial charge in [0, 0.05) is 5.92 Å². The molecule has 1 aromatic rings. The van der Waals surface area contributed by atoms with Gasteiger partial charge in [0.15, 0.2) is 0 Å². The van der Waals surface area contributed by atoms with Crippen LogP contribution in [0.3, 0.4) is 0 Å². The fourth-order valence-corrected chi connectivity index (χ4v) is 1.84. The second-order valence-electron chi connectivity index (χ2n) is 3.92. The molecule has 0 aliphatic carbocycles. The van der Waals surface area contributed by atoms with E-state index in [-0.39, 0.29) is 11.6 Å². The van der Waals surface area contributed by atoms with Crippen LogP contribution in [-0.2, 0) is 14.3 Å². The van der Waals surface area contributed by atoms with Gasteiger partial charge in [0.2, 0.25) is 0 Å². The average Bonchev–Trinajstić information content (AvgIpc) is 2.35. The van der Waals surface area contributed by atoms with Crippen molar-refractivity contribution in [1.29, 1.82) is 0 Å². The quantitative estimate of drug-likeness (QED) is 0.458. The van der Waals surface area contributed by atoms with Crippen LogP contribution in [0.15, 0.2) is 36.9 Å². The van der Waals surface area contributed by atoms with Crippen molar-refractivity contribution in [1.82, 2.24) is 0 Å². The Balaban J connectivity index is 3.13. The van der Waals surface area contributed by atoms with E-state index in [1.54, 1.807) is 0 Å². The average molecular weight is 250 g/mol. The summed E-state index contributed by atoms with van der Waals surface area (Å²) in [5.74, 6) is -2.76. The molecule has 0 saturated heterocycles. The first-order chi connectivity index (χ1) is 8.51. The number of benzene rings is 1. The summed E-state index contributed by atoms with van der Waals surface area (Å²) >= 11 is 0. The number of carbonyl (C=O) groups is 2. The van der Waals surface area contributed by atoms with E-state index < -0.39 is 17.8 Å². The molecule has 0 bridgehead atoms. The van der Waals surface area contributed by atoms with Gasteiger partial charge in [0.25, 0.3) is 0 Å². The number of carbonyl (C=O) groups excluding carboxylic acids is 2. The van der Waals surface area contributed by atoms with Gasteiger partial charge in [0.1, 0.15) is 17.5 Å². The highest BCUT2D eigenvalue weighted by molar-refractivity contribution is 5.99. The Morgan fingerprint density at radius 2 is 1.89 bits per heavy atom. The summed E-state index contributed by atoms with van der Waals surface area (Å²) in [4.78, 5) is 23.2. The fourth-order valence-electron chi connectivity index (χ4n) is 1.84. The van der Waals surface area contributed by atoms with E-state index in [4.69, 9.17) is 0 Å². The van der Waals surface area contributed by atoms with Crippen LogP contribution in [-0.4, -0.2) is 18.9 Å². The molecule has 0 radical (unpaired) electrons. The third-order valence-electron chi connectivity index (χ3n) is 2.76. The molecule has 96 valence electrons. The van der Waals surface area contributed by atoms with Crippen LogP contribution in [0.5, 0.6) is 0 Å². The SMILES string of the molecule is C=CC(c1ccc(F)cc1)C(C(C)=O)C(=O)OC. The first kappa shape index (κ1) is 14.1. The van der Waals surface area contributed by atoms with E-state index in [1.165, 1.54) is 44.4 Å². The van der Waals surface area contributed by atoms with Gasteiger partial charge in [-0.25, -0.2) is 4.39 Å². The second-order valence-corrected chi connectivity index (χ2v) is 3.92. The number of methoxy groups -OCH3 is 1. The Kier molecular flexibility index (Phi) is 4.77. The zero-order valence-electron chi connectivity index (χ0n) is 10.4. The van der Waals surface area contributed by atoms with Crippen molar-refractivity contribution in [2.24, 2.45) is 5.92 Å². The van der Waals surface area contributed by atoms with E-state index in [9.17, 15) is 14.0 Å². The van der Waals surface area contributed by atoms with Crippen LogP contribution < -0.4 is 0 Å². The third-order valence-corrected chi connectivity index (χ3v) is 2.76. The van der Waals surface area contributed by atoms with Crippen molar-refractivity contribution in [3.63, 3.8) is 0 Å². The number of rotatable bonds is 5. The maximum absolute atomic E-state index is 12.9. The molecule has 1 aromatic carbocycles. The lowest BCUT2D eigenvalue weighted by molar-refractivity contribution is -0.149. The van der Waals surface area contributed by atoms with E-state index in [0.717, 1.165) is 0 Å². The number of ketones is 1. The molecule has 2 unspecified atom stereocenters. The molecule has 18 heavy (non-hydrogen) atoms. The molecule has 0 fully saturated rings. The minimum absolute atomic E-state index is 0.309. The van der Waals surface area contributed by atoms with Crippen molar-refractivity contribution < 1.29 is 18.7 Å². The summed E-state index contributed by atoms with van der Waals surface area (Å²) in [6, 6.07) is 5.61. The van der Waals surface area contributed by atoms with Crippen molar-refractivity contribution >= 4 is 11.8 Å². The van der Waals surface area contributed by atoms with Crippen LogP contribution in [0.1, 0.15) is 18.4 Å².